The number of fused-ring (bicyclic) bond motifs is 1. The first-order valence-electron chi connectivity index (χ1n) is 5.68. The van der Waals surface area contributed by atoms with Crippen LogP contribution in [0, 0.1) is 0 Å². The molecule has 0 fully saturated rings. The molecule has 0 saturated heterocycles. The van der Waals surface area contributed by atoms with Crippen molar-refractivity contribution in [2.75, 3.05) is 0 Å². The summed E-state index contributed by atoms with van der Waals surface area (Å²) in [4.78, 5) is 26.6. The smallest absolute Gasteiger partial charge is 0.252 e. The highest BCUT2D eigenvalue weighted by Gasteiger charge is 2.18. The Labute approximate surface area is 99.5 Å². The summed E-state index contributed by atoms with van der Waals surface area (Å²) in [7, 11) is 0. The van der Waals surface area contributed by atoms with Gasteiger partial charge in [-0.2, -0.15) is 0 Å². The number of nitrogens with one attached hydrogen (secondary N) is 1. The zero-order valence-corrected chi connectivity index (χ0v) is 10.2. The van der Waals surface area contributed by atoms with Crippen LogP contribution in [0.15, 0.2) is 29.1 Å². The highest BCUT2D eigenvalue weighted by atomic mass is 16.1. The molecule has 1 aromatic heterocycles. The maximum Gasteiger partial charge on any atom is 0.252 e. The van der Waals surface area contributed by atoms with Crippen molar-refractivity contribution in [3.8, 4) is 0 Å². The van der Waals surface area contributed by atoms with Crippen LogP contribution < -0.4 is 5.56 Å². The van der Waals surface area contributed by atoms with E-state index in [1.165, 1.54) is 6.92 Å². The van der Waals surface area contributed by atoms with Gasteiger partial charge in [-0.3, -0.25) is 9.59 Å². The van der Waals surface area contributed by atoms with Gasteiger partial charge >= 0.3 is 0 Å². The second-order valence-electron chi connectivity index (χ2n) is 4.50. The van der Waals surface area contributed by atoms with E-state index in [9.17, 15) is 9.59 Å². The minimum absolute atomic E-state index is 0.0299. The van der Waals surface area contributed by atoms with Gasteiger partial charge in [0.25, 0.3) is 5.56 Å². The number of para-hydroxylation sites is 1. The van der Waals surface area contributed by atoms with Crippen molar-refractivity contribution in [2.24, 2.45) is 0 Å². The molecular weight excluding hydrogens is 214 g/mol. The lowest BCUT2D eigenvalue weighted by atomic mass is 9.93. The Balaban J connectivity index is 2.99. The van der Waals surface area contributed by atoms with Crippen LogP contribution in [0.3, 0.4) is 0 Å². The molecule has 0 aliphatic carbocycles. The van der Waals surface area contributed by atoms with Gasteiger partial charge in [0.15, 0.2) is 5.78 Å². The lowest BCUT2D eigenvalue weighted by Crippen LogP contribution is -2.19. The Hall–Kier alpha value is -1.90. The van der Waals surface area contributed by atoms with E-state index in [0.717, 1.165) is 5.39 Å². The third kappa shape index (κ3) is 1.88. The van der Waals surface area contributed by atoms with Crippen LogP contribution in [0.4, 0.5) is 0 Å². The third-order valence-corrected chi connectivity index (χ3v) is 2.89. The SMILES string of the molecule is CC(=O)c1c(C(C)C)c(=O)[nH]c2ccccc12. The molecule has 0 radical (unpaired) electrons. The number of hydrogen-bond donors (Lipinski definition) is 1. The van der Waals surface area contributed by atoms with E-state index in [-0.39, 0.29) is 17.3 Å². The van der Waals surface area contributed by atoms with E-state index in [0.29, 0.717) is 16.6 Å². The summed E-state index contributed by atoms with van der Waals surface area (Å²) in [5.41, 5.74) is 1.69. The highest BCUT2D eigenvalue weighted by Crippen LogP contribution is 2.23. The van der Waals surface area contributed by atoms with Gasteiger partial charge in [0, 0.05) is 22.0 Å². The second kappa shape index (κ2) is 4.17. The number of rotatable bonds is 2. The molecule has 1 heterocycles. The molecule has 3 heteroatoms. The predicted molar refractivity (Wildman–Crippen MR) is 68.7 cm³/mol. The van der Waals surface area contributed by atoms with Gasteiger partial charge in [-0.15, -0.1) is 0 Å². The van der Waals surface area contributed by atoms with Crippen molar-refractivity contribution in [3.05, 3.63) is 45.7 Å². The number of benzene rings is 1. The zero-order valence-electron chi connectivity index (χ0n) is 10.2. The molecule has 88 valence electrons. The fraction of sp³-hybridized carbons (Fsp3) is 0.286. The average Bonchev–Trinajstić information content (AvgIpc) is 2.26. The van der Waals surface area contributed by atoms with Gasteiger partial charge in [-0.1, -0.05) is 32.0 Å². The lowest BCUT2D eigenvalue weighted by Gasteiger charge is -2.12. The summed E-state index contributed by atoms with van der Waals surface area (Å²) in [6.07, 6.45) is 0. The summed E-state index contributed by atoms with van der Waals surface area (Å²) < 4.78 is 0. The molecule has 2 rings (SSSR count). The Morgan fingerprint density at radius 2 is 1.88 bits per heavy atom. The minimum atomic E-state index is -0.163. The van der Waals surface area contributed by atoms with Gasteiger partial charge in [0.2, 0.25) is 0 Å². The number of pyridine rings is 1. The molecule has 0 spiro atoms. The van der Waals surface area contributed by atoms with E-state index >= 15 is 0 Å². The Bertz CT molecular complexity index is 638. The fourth-order valence-corrected chi connectivity index (χ4v) is 2.19. The normalized spacial score (nSPS) is 11.1. The van der Waals surface area contributed by atoms with E-state index in [2.05, 4.69) is 4.98 Å². The molecule has 0 unspecified atom stereocenters. The molecule has 0 aliphatic heterocycles. The van der Waals surface area contributed by atoms with Crippen LogP contribution in [0.1, 0.15) is 42.6 Å². The van der Waals surface area contributed by atoms with Crippen LogP contribution in [-0.4, -0.2) is 10.8 Å². The second-order valence-corrected chi connectivity index (χ2v) is 4.50. The molecule has 0 saturated carbocycles. The number of aromatic amines is 1. The van der Waals surface area contributed by atoms with Gasteiger partial charge in [-0.05, 0) is 18.9 Å². The van der Waals surface area contributed by atoms with Crippen LogP contribution in [0.25, 0.3) is 10.9 Å². The van der Waals surface area contributed by atoms with E-state index in [1.54, 1.807) is 0 Å². The topological polar surface area (TPSA) is 49.9 Å². The first-order valence-corrected chi connectivity index (χ1v) is 5.68. The summed E-state index contributed by atoms with van der Waals surface area (Å²) in [6.45, 7) is 5.35. The molecular formula is C14H15NO2. The Morgan fingerprint density at radius 3 is 2.47 bits per heavy atom. The number of carbonyl (C=O) groups excluding carboxylic acids is 1. The number of aromatic nitrogens is 1. The fourth-order valence-electron chi connectivity index (χ4n) is 2.19. The molecule has 0 amide bonds. The van der Waals surface area contributed by atoms with Crippen LogP contribution in [0.5, 0.6) is 0 Å². The van der Waals surface area contributed by atoms with Gasteiger partial charge in [0.05, 0.1) is 0 Å². The van der Waals surface area contributed by atoms with Gasteiger partial charge in [-0.25, -0.2) is 0 Å². The minimum Gasteiger partial charge on any atom is -0.322 e. The van der Waals surface area contributed by atoms with Crippen molar-refractivity contribution in [2.45, 2.75) is 26.7 Å². The van der Waals surface area contributed by atoms with Gasteiger partial charge in [0.1, 0.15) is 0 Å². The van der Waals surface area contributed by atoms with Gasteiger partial charge < -0.3 is 4.98 Å². The number of carbonyl (C=O) groups is 1. The number of H-pyrrole nitrogens is 1. The summed E-state index contributed by atoms with van der Waals surface area (Å²) in [6, 6.07) is 7.40. The van der Waals surface area contributed by atoms with Crippen LogP contribution in [0.2, 0.25) is 0 Å². The van der Waals surface area contributed by atoms with E-state index < -0.39 is 0 Å². The highest BCUT2D eigenvalue weighted by molar-refractivity contribution is 6.07. The molecule has 0 atom stereocenters. The summed E-state index contributed by atoms with van der Waals surface area (Å²) in [5, 5.41) is 0.823. The molecule has 2 aromatic rings. The number of ketones is 1. The maximum atomic E-state index is 12.0. The monoisotopic (exact) mass is 229 g/mol. The number of hydrogen-bond acceptors (Lipinski definition) is 2. The van der Waals surface area contributed by atoms with Crippen molar-refractivity contribution in [1.82, 2.24) is 4.98 Å². The van der Waals surface area contributed by atoms with Crippen LogP contribution >= 0.6 is 0 Å². The van der Waals surface area contributed by atoms with Crippen molar-refractivity contribution >= 4 is 16.7 Å². The first kappa shape index (κ1) is 11.6. The number of Topliss-reactive ketones (excluding diaryl/α,β-unsaturated/α-hetero) is 1. The first-order chi connectivity index (χ1) is 8.02. The zero-order chi connectivity index (χ0) is 12.6. The standard InChI is InChI=1S/C14H15NO2/c1-8(2)12-13(9(3)16)10-6-4-5-7-11(10)15-14(12)17/h4-8H,1-3H3,(H,15,17). The average molecular weight is 229 g/mol. The lowest BCUT2D eigenvalue weighted by molar-refractivity contribution is 0.101. The van der Waals surface area contributed by atoms with Crippen molar-refractivity contribution < 1.29 is 4.79 Å². The van der Waals surface area contributed by atoms with Crippen molar-refractivity contribution in [3.63, 3.8) is 0 Å². The predicted octanol–water partition coefficient (Wildman–Crippen LogP) is 2.85. The van der Waals surface area contributed by atoms with E-state index in [4.69, 9.17) is 0 Å². The summed E-state index contributed by atoms with van der Waals surface area (Å²) >= 11 is 0. The third-order valence-electron chi connectivity index (χ3n) is 2.89. The molecule has 17 heavy (non-hydrogen) atoms. The molecule has 0 aliphatic rings. The Kier molecular flexibility index (Phi) is 2.84. The largest absolute Gasteiger partial charge is 0.322 e. The molecule has 3 nitrogen and oxygen atoms in total. The quantitative estimate of drug-likeness (QED) is 0.805. The molecule has 0 bridgehead atoms. The summed E-state index contributed by atoms with van der Waals surface area (Å²) in [5.74, 6) is -0.0294. The maximum absolute atomic E-state index is 12.0. The molecule has 1 N–H and O–H groups in total. The van der Waals surface area contributed by atoms with E-state index in [1.807, 2.05) is 38.1 Å². The molecule has 1 aromatic carbocycles. The Morgan fingerprint density at radius 1 is 1.24 bits per heavy atom. The van der Waals surface area contributed by atoms with Crippen molar-refractivity contribution in [1.29, 1.82) is 0 Å². The van der Waals surface area contributed by atoms with Crippen LogP contribution in [-0.2, 0) is 0 Å².